The average Bonchev–Trinajstić information content (AvgIpc) is 2.42. The Kier molecular flexibility index (Phi) is 6.73. The van der Waals surface area contributed by atoms with Gasteiger partial charge in [-0.25, -0.2) is 14.6 Å². The number of aliphatic carboxylic acids is 1. The van der Waals surface area contributed by atoms with E-state index in [4.69, 9.17) is 9.84 Å². The molecule has 1 rings (SSSR count). The van der Waals surface area contributed by atoms with Crippen LogP contribution >= 0.6 is 11.8 Å². The molecule has 1 aromatic rings. The predicted molar refractivity (Wildman–Crippen MR) is 79.9 cm³/mol. The molecule has 3 N–H and O–H groups in total. The van der Waals surface area contributed by atoms with E-state index in [9.17, 15) is 9.59 Å². The highest BCUT2D eigenvalue weighted by Crippen LogP contribution is 2.11. The molecule has 2 amide bonds. The fraction of sp³-hybridized carbons (Fsp3) is 0.500. The Bertz CT molecular complexity index is 512. The molecule has 0 saturated carbocycles. The van der Waals surface area contributed by atoms with Gasteiger partial charge in [0.05, 0.1) is 7.11 Å². The van der Waals surface area contributed by atoms with Crippen LogP contribution in [0.3, 0.4) is 0 Å². The molecule has 1 atom stereocenters. The maximum Gasteiger partial charge on any atom is 0.326 e. The molecule has 116 valence electrons. The number of hydrogen-bond acceptors (Lipinski definition) is 6. The molecule has 1 aromatic heterocycles. The van der Waals surface area contributed by atoms with Crippen molar-refractivity contribution in [1.82, 2.24) is 15.3 Å². The van der Waals surface area contributed by atoms with E-state index in [0.29, 0.717) is 23.7 Å². The number of aryl methyl sites for hydroxylation is 1. The molecule has 0 saturated heterocycles. The maximum absolute atomic E-state index is 11.8. The van der Waals surface area contributed by atoms with E-state index in [0.717, 1.165) is 0 Å². The molecule has 0 spiro atoms. The van der Waals surface area contributed by atoms with Gasteiger partial charge in [-0.2, -0.15) is 16.7 Å². The van der Waals surface area contributed by atoms with Crippen molar-refractivity contribution in [3.63, 3.8) is 0 Å². The topological polar surface area (TPSA) is 113 Å². The van der Waals surface area contributed by atoms with Crippen LogP contribution in [0.25, 0.3) is 0 Å². The fourth-order valence-electron chi connectivity index (χ4n) is 1.49. The number of methoxy groups -OCH3 is 1. The standard InChI is InChI=1S/C12H18N4O4S/c1-7-6-9(20-2)15-11(13-7)16-12(19)14-8(10(17)18)4-5-21-3/h6,8H,4-5H2,1-3H3,(H,17,18)(H2,13,14,15,16,19)/t8-/m0/s1. The van der Waals surface area contributed by atoms with E-state index >= 15 is 0 Å². The van der Waals surface area contributed by atoms with Crippen molar-refractivity contribution in [3.8, 4) is 5.88 Å². The zero-order chi connectivity index (χ0) is 15.8. The highest BCUT2D eigenvalue weighted by molar-refractivity contribution is 7.98. The summed E-state index contributed by atoms with van der Waals surface area (Å²) < 4.78 is 4.97. The van der Waals surface area contributed by atoms with Crippen molar-refractivity contribution in [1.29, 1.82) is 0 Å². The second-order valence-corrected chi connectivity index (χ2v) is 5.13. The molecule has 0 bridgehead atoms. The van der Waals surface area contributed by atoms with Gasteiger partial charge < -0.3 is 15.2 Å². The number of urea groups is 1. The van der Waals surface area contributed by atoms with E-state index in [1.807, 2.05) is 6.26 Å². The number of carbonyl (C=O) groups excluding carboxylic acids is 1. The first-order valence-corrected chi connectivity index (χ1v) is 7.54. The first kappa shape index (κ1) is 17.0. The summed E-state index contributed by atoms with van der Waals surface area (Å²) in [6.07, 6.45) is 2.20. The number of hydrogen-bond donors (Lipinski definition) is 3. The van der Waals surface area contributed by atoms with Gasteiger partial charge in [-0.15, -0.1) is 0 Å². The number of carbonyl (C=O) groups is 2. The number of carboxylic acids is 1. The number of thioether (sulfide) groups is 1. The Hall–Kier alpha value is -2.03. The minimum Gasteiger partial charge on any atom is -0.481 e. The summed E-state index contributed by atoms with van der Waals surface area (Å²) in [5, 5.41) is 13.8. The van der Waals surface area contributed by atoms with Crippen molar-refractivity contribution >= 4 is 29.7 Å². The van der Waals surface area contributed by atoms with Crippen LogP contribution in [0.2, 0.25) is 0 Å². The monoisotopic (exact) mass is 314 g/mol. The van der Waals surface area contributed by atoms with Gasteiger partial charge in [0.25, 0.3) is 0 Å². The van der Waals surface area contributed by atoms with Crippen LogP contribution in [0.15, 0.2) is 6.07 Å². The van der Waals surface area contributed by atoms with Crippen LogP contribution < -0.4 is 15.4 Å². The van der Waals surface area contributed by atoms with Crippen molar-refractivity contribution < 1.29 is 19.4 Å². The van der Waals surface area contributed by atoms with E-state index in [1.54, 1.807) is 13.0 Å². The first-order chi connectivity index (χ1) is 9.96. The number of nitrogens with zero attached hydrogens (tertiary/aromatic N) is 2. The molecule has 0 unspecified atom stereocenters. The third-order valence-electron chi connectivity index (χ3n) is 2.48. The molecule has 0 aromatic carbocycles. The van der Waals surface area contributed by atoms with Crippen LogP contribution in [0.1, 0.15) is 12.1 Å². The number of amides is 2. The Labute approximate surface area is 126 Å². The van der Waals surface area contributed by atoms with Crippen molar-refractivity contribution in [3.05, 3.63) is 11.8 Å². The summed E-state index contributed by atoms with van der Waals surface area (Å²) in [6, 6.07) is -0.0120. The molecule has 21 heavy (non-hydrogen) atoms. The number of carboxylic acid groups (broad SMARTS) is 1. The van der Waals surface area contributed by atoms with Gasteiger partial charge >= 0.3 is 12.0 Å². The summed E-state index contributed by atoms with van der Waals surface area (Å²) >= 11 is 1.51. The SMILES string of the molecule is COc1cc(C)nc(NC(=O)N[C@@H](CCSC)C(=O)O)n1. The van der Waals surface area contributed by atoms with Gasteiger partial charge in [0.1, 0.15) is 6.04 Å². The number of anilines is 1. The third kappa shape index (κ3) is 5.86. The Morgan fingerprint density at radius 3 is 2.76 bits per heavy atom. The zero-order valence-corrected chi connectivity index (χ0v) is 12.9. The highest BCUT2D eigenvalue weighted by Gasteiger charge is 2.19. The van der Waals surface area contributed by atoms with Crippen LogP contribution in [0, 0.1) is 6.92 Å². The smallest absolute Gasteiger partial charge is 0.326 e. The molecule has 0 radical (unpaired) electrons. The van der Waals surface area contributed by atoms with Gasteiger partial charge in [0.2, 0.25) is 11.8 Å². The molecule has 9 heteroatoms. The Morgan fingerprint density at radius 1 is 1.48 bits per heavy atom. The van der Waals surface area contributed by atoms with Crippen LogP contribution in [0.5, 0.6) is 5.88 Å². The predicted octanol–water partition coefficient (Wildman–Crippen LogP) is 1.12. The summed E-state index contributed by atoms with van der Waals surface area (Å²) in [7, 11) is 1.45. The van der Waals surface area contributed by atoms with Crippen LogP contribution in [0.4, 0.5) is 10.7 Å². The summed E-state index contributed by atoms with van der Waals surface area (Å²) in [5.74, 6) is -0.0818. The number of rotatable bonds is 7. The molecular weight excluding hydrogens is 296 g/mol. The van der Waals surface area contributed by atoms with E-state index < -0.39 is 18.0 Å². The minimum atomic E-state index is -1.08. The highest BCUT2D eigenvalue weighted by atomic mass is 32.2. The van der Waals surface area contributed by atoms with Gasteiger partial charge in [0.15, 0.2) is 0 Å². The summed E-state index contributed by atoms with van der Waals surface area (Å²) in [6.45, 7) is 1.73. The quantitative estimate of drug-likeness (QED) is 0.691. The molecular formula is C12H18N4O4S. The Morgan fingerprint density at radius 2 is 2.19 bits per heavy atom. The lowest BCUT2D eigenvalue weighted by atomic mass is 10.2. The molecule has 1 heterocycles. The number of aromatic nitrogens is 2. The minimum absolute atomic E-state index is 0.0540. The molecule has 0 aliphatic heterocycles. The lowest BCUT2D eigenvalue weighted by molar-refractivity contribution is -0.139. The summed E-state index contributed by atoms with van der Waals surface area (Å²) in [4.78, 5) is 30.8. The lowest BCUT2D eigenvalue weighted by Gasteiger charge is -2.14. The molecule has 0 aliphatic carbocycles. The largest absolute Gasteiger partial charge is 0.481 e. The third-order valence-corrected chi connectivity index (χ3v) is 3.12. The van der Waals surface area contributed by atoms with E-state index in [1.165, 1.54) is 18.9 Å². The zero-order valence-electron chi connectivity index (χ0n) is 12.0. The van der Waals surface area contributed by atoms with Crippen LogP contribution in [-0.2, 0) is 4.79 Å². The van der Waals surface area contributed by atoms with Crippen molar-refractivity contribution in [2.24, 2.45) is 0 Å². The lowest BCUT2D eigenvalue weighted by Crippen LogP contribution is -2.43. The fourth-order valence-corrected chi connectivity index (χ4v) is 1.96. The average molecular weight is 314 g/mol. The van der Waals surface area contributed by atoms with Gasteiger partial charge in [0, 0.05) is 11.8 Å². The Balaban J connectivity index is 2.67. The number of ether oxygens (including phenoxy) is 1. The summed E-state index contributed by atoms with van der Waals surface area (Å²) in [5.41, 5.74) is 0.620. The van der Waals surface area contributed by atoms with Gasteiger partial charge in [-0.3, -0.25) is 5.32 Å². The second-order valence-electron chi connectivity index (χ2n) is 4.15. The maximum atomic E-state index is 11.8. The second kappa shape index (κ2) is 8.30. The van der Waals surface area contributed by atoms with Crippen LogP contribution in [-0.4, -0.2) is 52.2 Å². The van der Waals surface area contributed by atoms with Gasteiger partial charge in [-0.05, 0) is 25.4 Å². The molecule has 0 aliphatic rings. The van der Waals surface area contributed by atoms with Crippen molar-refractivity contribution in [2.75, 3.05) is 24.4 Å². The van der Waals surface area contributed by atoms with E-state index in [-0.39, 0.29) is 5.95 Å². The molecule has 8 nitrogen and oxygen atoms in total. The molecule has 0 fully saturated rings. The van der Waals surface area contributed by atoms with Crippen molar-refractivity contribution in [2.45, 2.75) is 19.4 Å². The van der Waals surface area contributed by atoms with Gasteiger partial charge in [-0.1, -0.05) is 0 Å². The van der Waals surface area contributed by atoms with E-state index in [2.05, 4.69) is 20.6 Å². The number of nitrogens with one attached hydrogen (secondary N) is 2. The normalized spacial score (nSPS) is 11.6. The first-order valence-electron chi connectivity index (χ1n) is 6.15.